The van der Waals surface area contributed by atoms with Gasteiger partial charge in [0.05, 0.1) is 18.3 Å². The lowest BCUT2D eigenvalue weighted by Crippen LogP contribution is -2.36. The molecule has 3 amide bonds. The number of carbonyl (C=O) groups is 2. The molecule has 0 aliphatic heterocycles. The van der Waals surface area contributed by atoms with Crippen LogP contribution in [0.1, 0.15) is 10.4 Å². The first-order valence-electron chi connectivity index (χ1n) is 8.48. The molecular weight excluding hydrogens is 344 g/mol. The Balaban J connectivity index is 1.46. The van der Waals surface area contributed by atoms with Gasteiger partial charge < -0.3 is 20.7 Å². The number of hydrogen-bond donors (Lipinski definition) is 3. The summed E-state index contributed by atoms with van der Waals surface area (Å²) in [5.74, 6) is 0.478. The van der Waals surface area contributed by atoms with Crippen molar-refractivity contribution in [2.45, 2.75) is 0 Å². The van der Waals surface area contributed by atoms with Crippen LogP contribution in [-0.2, 0) is 0 Å². The molecule has 27 heavy (non-hydrogen) atoms. The molecule has 7 heteroatoms. The summed E-state index contributed by atoms with van der Waals surface area (Å²) in [6.45, 7) is 0.609. The molecular formula is C20H20N4O3. The van der Waals surface area contributed by atoms with Gasteiger partial charge in [0.2, 0.25) is 0 Å². The standard InChI is InChI=1S/C20H20N4O3/c1-27-16-9-7-15(8-10-16)19(25)22-12-13-23-20(26)24-17-6-2-4-14-5-3-11-21-18(14)17/h2-11H,12-13H2,1H3,(H,22,25)(H2,23,24,26). The highest BCUT2D eigenvalue weighted by Gasteiger charge is 2.07. The van der Waals surface area contributed by atoms with Crippen molar-refractivity contribution in [3.8, 4) is 5.75 Å². The second-order valence-corrected chi connectivity index (χ2v) is 5.75. The molecule has 0 saturated carbocycles. The molecule has 0 saturated heterocycles. The zero-order valence-electron chi connectivity index (χ0n) is 14.9. The number of anilines is 1. The quantitative estimate of drug-likeness (QED) is 0.587. The minimum atomic E-state index is -0.355. The lowest BCUT2D eigenvalue weighted by atomic mass is 10.2. The number of nitrogens with one attached hydrogen (secondary N) is 3. The van der Waals surface area contributed by atoms with E-state index in [-0.39, 0.29) is 11.9 Å². The third kappa shape index (κ3) is 4.72. The molecule has 0 aliphatic rings. The number of methoxy groups -OCH3 is 1. The molecule has 1 aromatic heterocycles. The molecule has 3 aromatic rings. The average molecular weight is 364 g/mol. The van der Waals surface area contributed by atoms with E-state index in [9.17, 15) is 9.59 Å². The van der Waals surface area contributed by atoms with Crippen molar-refractivity contribution in [1.29, 1.82) is 0 Å². The first kappa shape index (κ1) is 18.2. The molecule has 3 rings (SSSR count). The van der Waals surface area contributed by atoms with Crippen LogP contribution in [0, 0.1) is 0 Å². The van der Waals surface area contributed by atoms with Gasteiger partial charge in [-0.2, -0.15) is 0 Å². The smallest absolute Gasteiger partial charge is 0.319 e. The molecule has 0 unspecified atom stereocenters. The summed E-state index contributed by atoms with van der Waals surface area (Å²) >= 11 is 0. The number of fused-ring (bicyclic) bond motifs is 1. The molecule has 7 nitrogen and oxygen atoms in total. The zero-order valence-corrected chi connectivity index (χ0v) is 14.9. The number of amides is 3. The number of ether oxygens (including phenoxy) is 1. The summed E-state index contributed by atoms with van der Waals surface area (Å²) in [5, 5.41) is 9.18. The van der Waals surface area contributed by atoms with Crippen LogP contribution in [0.5, 0.6) is 5.75 Å². The second kappa shape index (κ2) is 8.66. The monoisotopic (exact) mass is 364 g/mol. The Bertz CT molecular complexity index is 936. The van der Waals surface area contributed by atoms with Gasteiger partial charge in [-0.05, 0) is 36.4 Å². The van der Waals surface area contributed by atoms with Gasteiger partial charge in [-0.25, -0.2) is 4.79 Å². The fraction of sp³-hybridized carbons (Fsp3) is 0.150. The number of aromatic nitrogens is 1. The Kier molecular flexibility index (Phi) is 5.84. The molecule has 0 radical (unpaired) electrons. The summed E-state index contributed by atoms with van der Waals surface area (Å²) in [5.41, 5.74) is 1.89. The van der Waals surface area contributed by atoms with Gasteiger partial charge in [0.1, 0.15) is 5.75 Å². The Hall–Kier alpha value is -3.61. The van der Waals surface area contributed by atoms with Crippen molar-refractivity contribution in [2.75, 3.05) is 25.5 Å². The highest BCUT2D eigenvalue weighted by molar-refractivity contribution is 5.99. The number of benzene rings is 2. The Morgan fingerprint density at radius 3 is 2.48 bits per heavy atom. The maximum Gasteiger partial charge on any atom is 0.319 e. The lowest BCUT2D eigenvalue weighted by Gasteiger charge is -2.10. The SMILES string of the molecule is COc1ccc(C(=O)NCCNC(=O)Nc2cccc3cccnc23)cc1. The van der Waals surface area contributed by atoms with E-state index >= 15 is 0 Å². The molecule has 0 bridgehead atoms. The highest BCUT2D eigenvalue weighted by atomic mass is 16.5. The second-order valence-electron chi connectivity index (χ2n) is 5.75. The van der Waals surface area contributed by atoms with Gasteiger partial charge in [0.15, 0.2) is 0 Å². The van der Waals surface area contributed by atoms with Crippen LogP contribution in [0.15, 0.2) is 60.8 Å². The number of pyridine rings is 1. The van der Waals surface area contributed by atoms with E-state index in [0.29, 0.717) is 30.1 Å². The van der Waals surface area contributed by atoms with Crippen LogP contribution in [0.3, 0.4) is 0 Å². The van der Waals surface area contributed by atoms with Crippen molar-refractivity contribution >= 4 is 28.5 Å². The third-order valence-corrected chi connectivity index (χ3v) is 3.93. The molecule has 0 atom stereocenters. The van der Waals surface area contributed by atoms with Crippen molar-refractivity contribution in [1.82, 2.24) is 15.6 Å². The Morgan fingerprint density at radius 2 is 1.70 bits per heavy atom. The van der Waals surface area contributed by atoms with E-state index in [2.05, 4.69) is 20.9 Å². The van der Waals surface area contributed by atoms with E-state index in [1.807, 2.05) is 24.3 Å². The van der Waals surface area contributed by atoms with Crippen molar-refractivity contribution < 1.29 is 14.3 Å². The number of rotatable bonds is 6. The average Bonchev–Trinajstić information content (AvgIpc) is 2.71. The number of nitrogens with zero attached hydrogens (tertiary/aromatic N) is 1. The van der Waals surface area contributed by atoms with Crippen molar-refractivity contribution in [2.24, 2.45) is 0 Å². The fourth-order valence-corrected chi connectivity index (χ4v) is 2.57. The molecule has 138 valence electrons. The van der Waals surface area contributed by atoms with Crippen molar-refractivity contribution in [3.63, 3.8) is 0 Å². The summed E-state index contributed by atoms with van der Waals surface area (Å²) in [6.07, 6.45) is 1.68. The molecule has 0 aliphatic carbocycles. The minimum absolute atomic E-state index is 0.210. The van der Waals surface area contributed by atoms with Gasteiger partial charge in [0.25, 0.3) is 5.91 Å². The summed E-state index contributed by atoms with van der Waals surface area (Å²) in [6, 6.07) is 15.8. The van der Waals surface area contributed by atoms with Crippen LogP contribution in [0.4, 0.5) is 10.5 Å². The van der Waals surface area contributed by atoms with Crippen LogP contribution < -0.4 is 20.7 Å². The van der Waals surface area contributed by atoms with Gasteiger partial charge in [-0.3, -0.25) is 9.78 Å². The summed E-state index contributed by atoms with van der Waals surface area (Å²) in [4.78, 5) is 28.4. The lowest BCUT2D eigenvalue weighted by molar-refractivity contribution is 0.0954. The normalized spacial score (nSPS) is 10.3. The van der Waals surface area contributed by atoms with E-state index in [4.69, 9.17) is 4.74 Å². The predicted octanol–water partition coefficient (Wildman–Crippen LogP) is 2.79. The van der Waals surface area contributed by atoms with Crippen molar-refractivity contribution in [3.05, 3.63) is 66.4 Å². The van der Waals surface area contributed by atoms with Gasteiger partial charge in [-0.15, -0.1) is 0 Å². The Labute approximate surface area is 156 Å². The highest BCUT2D eigenvalue weighted by Crippen LogP contribution is 2.20. The maximum absolute atomic E-state index is 12.1. The first-order valence-corrected chi connectivity index (χ1v) is 8.48. The number of hydrogen-bond acceptors (Lipinski definition) is 4. The molecule has 1 heterocycles. The van der Waals surface area contributed by atoms with Crippen LogP contribution in [0.2, 0.25) is 0 Å². The number of urea groups is 1. The third-order valence-electron chi connectivity index (χ3n) is 3.93. The zero-order chi connectivity index (χ0) is 19.1. The number of para-hydroxylation sites is 1. The summed E-state index contributed by atoms with van der Waals surface area (Å²) < 4.78 is 5.06. The number of carbonyl (C=O) groups excluding carboxylic acids is 2. The van der Waals surface area contributed by atoms with Crippen LogP contribution in [0.25, 0.3) is 10.9 Å². The molecule has 3 N–H and O–H groups in total. The van der Waals surface area contributed by atoms with E-state index < -0.39 is 0 Å². The van der Waals surface area contributed by atoms with Crippen LogP contribution >= 0.6 is 0 Å². The van der Waals surface area contributed by atoms with E-state index in [1.54, 1.807) is 43.6 Å². The first-order chi connectivity index (χ1) is 13.2. The summed E-state index contributed by atoms with van der Waals surface area (Å²) in [7, 11) is 1.57. The molecule has 0 spiro atoms. The largest absolute Gasteiger partial charge is 0.497 e. The minimum Gasteiger partial charge on any atom is -0.497 e. The van der Waals surface area contributed by atoms with Gasteiger partial charge in [-0.1, -0.05) is 18.2 Å². The fourth-order valence-electron chi connectivity index (χ4n) is 2.57. The predicted molar refractivity (Wildman–Crippen MR) is 104 cm³/mol. The van der Waals surface area contributed by atoms with Gasteiger partial charge >= 0.3 is 6.03 Å². The maximum atomic E-state index is 12.1. The molecule has 0 fully saturated rings. The van der Waals surface area contributed by atoms with E-state index in [1.165, 1.54) is 0 Å². The topological polar surface area (TPSA) is 92.4 Å². The van der Waals surface area contributed by atoms with E-state index in [0.717, 1.165) is 10.9 Å². The Morgan fingerprint density at radius 1 is 0.963 bits per heavy atom. The molecule has 2 aromatic carbocycles. The van der Waals surface area contributed by atoms with Gasteiger partial charge in [0, 0.05) is 30.2 Å². The van der Waals surface area contributed by atoms with Crippen LogP contribution in [-0.4, -0.2) is 37.1 Å².